The van der Waals surface area contributed by atoms with E-state index in [1.807, 2.05) is 54.6 Å². The van der Waals surface area contributed by atoms with Gasteiger partial charge in [0, 0.05) is 30.8 Å². The van der Waals surface area contributed by atoms with Gasteiger partial charge in [0.1, 0.15) is 12.6 Å². The van der Waals surface area contributed by atoms with Crippen LogP contribution in [0.1, 0.15) is 18.1 Å². The van der Waals surface area contributed by atoms with Gasteiger partial charge in [0.2, 0.25) is 0 Å². The van der Waals surface area contributed by atoms with E-state index in [-0.39, 0.29) is 19.1 Å². The molecule has 1 amide bonds. The Hall–Kier alpha value is -3.03. The fraction of sp³-hybridized carbons (Fsp3) is 0.375. The molecule has 2 heterocycles. The average molecular weight is 421 g/mol. The first kappa shape index (κ1) is 21.2. The molecule has 2 aliphatic heterocycles. The second-order valence-corrected chi connectivity index (χ2v) is 7.52. The Morgan fingerprint density at radius 1 is 1.10 bits per heavy atom. The summed E-state index contributed by atoms with van der Waals surface area (Å²) in [6, 6.07) is 16.8. The third-order valence-corrected chi connectivity index (χ3v) is 5.46. The third kappa shape index (κ3) is 4.84. The number of benzodiazepines with no additional fused rings is 1. The Labute approximate surface area is 182 Å². The molecule has 1 atom stereocenters. The van der Waals surface area contributed by atoms with Gasteiger partial charge in [0.15, 0.2) is 0 Å². The molecule has 2 aliphatic rings. The van der Waals surface area contributed by atoms with Crippen LogP contribution in [0.15, 0.2) is 59.6 Å². The predicted molar refractivity (Wildman–Crippen MR) is 119 cm³/mol. The van der Waals surface area contributed by atoms with Gasteiger partial charge in [-0.3, -0.25) is 24.4 Å². The fourth-order valence-corrected chi connectivity index (χ4v) is 3.96. The van der Waals surface area contributed by atoms with Crippen molar-refractivity contribution >= 4 is 23.3 Å². The van der Waals surface area contributed by atoms with Crippen LogP contribution in [-0.4, -0.2) is 74.5 Å². The van der Waals surface area contributed by atoms with Crippen molar-refractivity contribution in [3.63, 3.8) is 0 Å². The van der Waals surface area contributed by atoms with E-state index in [9.17, 15) is 9.59 Å². The van der Waals surface area contributed by atoms with Crippen molar-refractivity contribution in [3.8, 4) is 0 Å². The summed E-state index contributed by atoms with van der Waals surface area (Å²) < 4.78 is 10.6. The normalized spacial score (nSPS) is 19.4. The van der Waals surface area contributed by atoms with Crippen molar-refractivity contribution in [2.75, 3.05) is 50.9 Å². The standard InChI is InChI=1S/C24H27N3O4/c1-2-31-22(28)17-27-21-11-7-6-10-19(21)23(18-8-4-3-5-9-18)25-20(24(27)29)16-26-12-14-30-15-13-26/h3-11,20H,2,12-17H2,1H3/t20-/m1/s1. The Kier molecular flexibility index (Phi) is 6.74. The van der Waals surface area contributed by atoms with Crippen molar-refractivity contribution in [2.45, 2.75) is 13.0 Å². The highest BCUT2D eigenvalue weighted by Gasteiger charge is 2.34. The first-order valence-corrected chi connectivity index (χ1v) is 10.7. The first-order chi connectivity index (χ1) is 15.2. The number of amides is 1. The lowest BCUT2D eigenvalue weighted by Crippen LogP contribution is -2.48. The maximum Gasteiger partial charge on any atom is 0.326 e. The molecule has 0 bridgehead atoms. The zero-order chi connectivity index (χ0) is 21.6. The number of anilines is 1. The average Bonchev–Trinajstić information content (AvgIpc) is 2.91. The van der Waals surface area contributed by atoms with Crippen LogP contribution in [0.5, 0.6) is 0 Å². The Morgan fingerprint density at radius 2 is 1.81 bits per heavy atom. The monoisotopic (exact) mass is 421 g/mol. The number of fused-ring (bicyclic) bond motifs is 1. The minimum atomic E-state index is -0.630. The fourth-order valence-electron chi connectivity index (χ4n) is 3.96. The maximum atomic E-state index is 13.7. The van der Waals surface area contributed by atoms with Crippen LogP contribution in [0, 0.1) is 0 Å². The molecule has 7 heteroatoms. The van der Waals surface area contributed by atoms with E-state index in [0.717, 1.165) is 29.9 Å². The molecule has 7 nitrogen and oxygen atoms in total. The Balaban J connectivity index is 1.77. The molecule has 0 spiro atoms. The zero-order valence-electron chi connectivity index (χ0n) is 17.7. The second kappa shape index (κ2) is 9.85. The summed E-state index contributed by atoms with van der Waals surface area (Å²) >= 11 is 0. The lowest BCUT2D eigenvalue weighted by Gasteiger charge is -2.30. The van der Waals surface area contributed by atoms with Gasteiger partial charge in [-0.05, 0) is 13.0 Å². The molecule has 162 valence electrons. The molecular weight excluding hydrogens is 394 g/mol. The summed E-state index contributed by atoms with van der Waals surface area (Å²) in [5.41, 5.74) is 3.20. The molecule has 0 unspecified atom stereocenters. The van der Waals surface area contributed by atoms with Crippen LogP contribution < -0.4 is 4.90 Å². The number of carbonyl (C=O) groups is 2. The van der Waals surface area contributed by atoms with Crippen LogP contribution in [0.3, 0.4) is 0 Å². The number of rotatable bonds is 6. The zero-order valence-corrected chi connectivity index (χ0v) is 17.7. The quantitative estimate of drug-likeness (QED) is 0.669. The summed E-state index contributed by atoms with van der Waals surface area (Å²) in [6.07, 6.45) is 0. The number of hydrogen-bond acceptors (Lipinski definition) is 6. The van der Waals surface area contributed by atoms with E-state index in [4.69, 9.17) is 14.5 Å². The van der Waals surface area contributed by atoms with Gasteiger partial charge < -0.3 is 9.47 Å². The van der Waals surface area contributed by atoms with E-state index < -0.39 is 12.0 Å². The smallest absolute Gasteiger partial charge is 0.326 e. The van der Waals surface area contributed by atoms with Gasteiger partial charge in [-0.25, -0.2) is 0 Å². The largest absolute Gasteiger partial charge is 0.465 e. The van der Waals surface area contributed by atoms with Gasteiger partial charge in [0.25, 0.3) is 5.91 Å². The number of hydrogen-bond donors (Lipinski definition) is 0. The van der Waals surface area contributed by atoms with Crippen molar-refractivity contribution in [2.24, 2.45) is 4.99 Å². The molecule has 1 fully saturated rings. The summed E-state index contributed by atoms with van der Waals surface area (Å²) in [5.74, 6) is -0.628. The molecule has 0 aliphatic carbocycles. The summed E-state index contributed by atoms with van der Waals surface area (Å²) in [7, 11) is 0. The molecule has 0 N–H and O–H groups in total. The minimum absolute atomic E-state index is 0.138. The minimum Gasteiger partial charge on any atom is -0.465 e. The highest BCUT2D eigenvalue weighted by atomic mass is 16.5. The number of para-hydroxylation sites is 1. The summed E-state index contributed by atoms with van der Waals surface area (Å²) in [6.45, 7) is 5.16. The van der Waals surface area contributed by atoms with Crippen LogP contribution >= 0.6 is 0 Å². The van der Waals surface area contributed by atoms with Gasteiger partial charge in [-0.1, -0.05) is 48.5 Å². The molecule has 0 saturated carbocycles. The third-order valence-electron chi connectivity index (χ3n) is 5.46. The number of carbonyl (C=O) groups excluding carboxylic acids is 2. The lowest BCUT2D eigenvalue weighted by molar-refractivity contribution is -0.142. The van der Waals surface area contributed by atoms with Crippen LogP contribution in [0.2, 0.25) is 0 Å². The van der Waals surface area contributed by atoms with Gasteiger partial charge in [-0.2, -0.15) is 0 Å². The van der Waals surface area contributed by atoms with Crippen molar-refractivity contribution in [1.29, 1.82) is 0 Å². The van der Waals surface area contributed by atoms with Crippen LogP contribution in [-0.2, 0) is 19.1 Å². The predicted octanol–water partition coefficient (Wildman–Crippen LogP) is 2.13. The molecule has 31 heavy (non-hydrogen) atoms. The van der Waals surface area contributed by atoms with Crippen LogP contribution in [0.4, 0.5) is 5.69 Å². The topological polar surface area (TPSA) is 71.4 Å². The molecule has 0 radical (unpaired) electrons. The van der Waals surface area contributed by atoms with E-state index >= 15 is 0 Å². The maximum absolute atomic E-state index is 13.7. The van der Waals surface area contributed by atoms with Crippen molar-refractivity contribution < 1.29 is 19.1 Å². The number of aliphatic imine (C=N–C) groups is 1. The molecule has 1 saturated heterocycles. The van der Waals surface area contributed by atoms with Crippen molar-refractivity contribution in [3.05, 3.63) is 65.7 Å². The highest BCUT2D eigenvalue weighted by molar-refractivity contribution is 6.20. The van der Waals surface area contributed by atoms with E-state index in [1.165, 1.54) is 4.90 Å². The van der Waals surface area contributed by atoms with Crippen LogP contribution in [0.25, 0.3) is 0 Å². The number of esters is 1. The van der Waals surface area contributed by atoms with E-state index in [1.54, 1.807) is 6.92 Å². The lowest BCUT2D eigenvalue weighted by atomic mass is 10.0. The summed E-state index contributed by atoms with van der Waals surface area (Å²) in [5, 5.41) is 0. The SMILES string of the molecule is CCOC(=O)CN1C(=O)[C@@H](CN2CCOCC2)N=C(c2ccccc2)c2ccccc21. The Morgan fingerprint density at radius 3 is 2.55 bits per heavy atom. The molecule has 0 aromatic heterocycles. The van der Waals surface area contributed by atoms with Gasteiger partial charge in [-0.15, -0.1) is 0 Å². The Bertz CT molecular complexity index is 954. The van der Waals surface area contributed by atoms with E-state index in [2.05, 4.69) is 4.90 Å². The second-order valence-electron chi connectivity index (χ2n) is 7.52. The number of ether oxygens (including phenoxy) is 2. The highest BCUT2D eigenvalue weighted by Crippen LogP contribution is 2.29. The first-order valence-electron chi connectivity index (χ1n) is 10.7. The van der Waals surface area contributed by atoms with E-state index in [0.29, 0.717) is 25.4 Å². The molecular formula is C24H27N3O4. The van der Waals surface area contributed by atoms with Gasteiger partial charge in [0.05, 0.1) is 31.2 Å². The van der Waals surface area contributed by atoms with Gasteiger partial charge >= 0.3 is 5.97 Å². The molecule has 4 rings (SSSR count). The number of morpholine rings is 1. The molecule has 2 aromatic rings. The number of nitrogens with zero attached hydrogens (tertiary/aromatic N) is 3. The summed E-state index contributed by atoms with van der Waals surface area (Å²) in [4.78, 5) is 34.7. The van der Waals surface area contributed by atoms with Crippen molar-refractivity contribution in [1.82, 2.24) is 4.90 Å². The number of benzene rings is 2. The molecule has 2 aromatic carbocycles.